The molecule has 0 unspecified atom stereocenters. The van der Waals surface area contributed by atoms with Crippen LogP contribution in [0.1, 0.15) is 11.1 Å². The van der Waals surface area contributed by atoms with E-state index >= 15 is 0 Å². The number of nitrogen functional groups attached to an aromatic ring is 1. The Kier molecular flexibility index (Phi) is 3.53. The molecule has 0 atom stereocenters. The highest BCUT2D eigenvalue weighted by molar-refractivity contribution is 9.10. The molecule has 0 aliphatic rings. The topological polar surface area (TPSA) is 76.7 Å². The third-order valence-electron chi connectivity index (χ3n) is 2.30. The van der Waals surface area contributed by atoms with Gasteiger partial charge in [-0.25, -0.2) is 4.98 Å². The first kappa shape index (κ1) is 11.8. The van der Waals surface area contributed by atoms with Crippen LogP contribution < -0.4 is 11.1 Å². The molecular formula is C11H12BrN5. The molecule has 0 fully saturated rings. The average molecular weight is 294 g/mol. The monoisotopic (exact) mass is 293 g/mol. The Labute approximate surface area is 108 Å². The van der Waals surface area contributed by atoms with E-state index in [0.29, 0.717) is 22.9 Å². The molecule has 0 aromatic carbocycles. The predicted octanol–water partition coefficient (Wildman–Crippen LogP) is 2.14. The number of hydrogen-bond donors (Lipinski definition) is 2. The molecule has 0 aliphatic carbocycles. The molecule has 2 aromatic heterocycles. The largest absolute Gasteiger partial charge is 0.383 e. The van der Waals surface area contributed by atoms with Gasteiger partial charge in [0.25, 0.3) is 0 Å². The van der Waals surface area contributed by atoms with Gasteiger partial charge in [0, 0.05) is 25.0 Å². The molecule has 88 valence electrons. The molecule has 0 aliphatic heterocycles. The number of nitrogens with two attached hydrogens (primary N) is 1. The van der Waals surface area contributed by atoms with Gasteiger partial charge in [0.15, 0.2) is 0 Å². The maximum atomic E-state index is 5.62. The Morgan fingerprint density at radius 1 is 1.41 bits per heavy atom. The lowest BCUT2D eigenvalue weighted by atomic mass is 10.2. The number of anilines is 2. The SMILES string of the molecule is Cc1ccncc1CNc1nc(N)cc(Br)n1. The van der Waals surface area contributed by atoms with E-state index in [1.54, 1.807) is 12.3 Å². The van der Waals surface area contributed by atoms with Crippen molar-refractivity contribution >= 4 is 27.7 Å². The second-order valence-corrected chi connectivity index (χ2v) is 4.41. The summed E-state index contributed by atoms with van der Waals surface area (Å²) in [5, 5.41) is 3.11. The van der Waals surface area contributed by atoms with Gasteiger partial charge in [-0.1, -0.05) is 0 Å². The maximum Gasteiger partial charge on any atom is 0.225 e. The Morgan fingerprint density at radius 2 is 2.24 bits per heavy atom. The Bertz CT molecular complexity index is 509. The zero-order valence-electron chi connectivity index (χ0n) is 9.31. The lowest BCUT2D eigenvalue weighted by molar-refractivity contribution is 1.02. The van der Waals surface area contributed by atoms with Gasteiger partial charge in [-0.15, -0.1) is 0 Å². The fourth-order valence-electron chi connectivity index (χ4n) is 1.37. The molecule has 17 heavy (non-hydrogen) atoms. The molecule has 0 saturated carbocycles. The summed E-state index contributed by atoms with van der Waals surface area (Å²) < 4.78 is 0.662. The van der Waals surface area contributed by atoms with E-state index in [1.807, 2.05) is 19.2 Å². The van der Waals surface area contributed by atoms with Crippen LogP contribution in [0.15, 0.2) is 29.1 Å². The van der Waals surface area contributed by atoms with Gasteiger partial charge in [-0.2, -0.15) is 4.98 Å². The van der Waals surface area contributed by atoms with Crippen molar-refractivity contribution in [2.75, 3.05) is 11.1 Å². The van der Waals surface area contributed by atoms with Gasteiger partial charge in [0.2, 0.25) is 5.95 Å². The molecule has 0 amide bonds. The zero-order valence-corrected chi connectivity index (χ0v) is 10.9. The van der Waals surface area contributed by atoms with E-state index in [9.17, 15) is 0 Å². The molecule has 6 heteroatoms. The Hall–Kier alpha value is -1.69. The molecule has 2 rings (SSSR count). The van der Waals surface area contributed by atoms with E-state index in [0.717, 1.165) is 5.56 Å². The van der Waals surface area contributed by atoms with Crippen LogP contribution in [0.4, 0.5) is 11.8 Å². The summed E-state index contributed by atoms with van der Waals surface area (Å²) >= 11 is 3.27. The number of nitrogens with zero attached hydrogens (tertiary/aromatic N) is 3. The van der Waals surface area contributed by atoms with Gasteiger partial charge >= 0.3 is 0 Å². The summed E-state index contributed by atoms with van der Waals surface area (Å²) in [7, 11) is 0. The van der Waals surface area contributed by atoms with Crippen LogP contribution in [0.3, 0.4) is 0 Å². The first-order chi connectivity index (χ1) is 8.15. The lowest BCUT2D eigenvalue weighted by Gasteiger charge is -2.07. The van der Waals surface area contributed by atoms with Crippen molar-refractivity contribution in [3.63, 3.8) is 0 Å². The van der Waals surface area contributed by atoms with Crippen LogP contribution in [0.5, 0.6) is 0 Å². The van der Waals surface area contributed by atoms with Crippen LogP contribution in [0.25, 0.3) is 0 Å². The van der Waals surface area contributed by atoms with Gasteiger partial charge in [-0.3, -0.25) is 4.98 Å². The smallest absolute Gasteiger partial charge is 0.225 e. The minimum atomic E-state index is 0.428. The van der Waals surface area contributed by atoms with E-state index < -0.39 is 0 Å². The first-order valence-corrected chi connectivity index (χ1v) is 5.88. The van der Waals surface area contributed by atoms with Crippen molar-refractivity contribution in [1.82, 2.24) is 15.0 Å². The van der Waals surface area contributed by atoms with Gasteiger partial charge in [-0.05, 0) is 40.0 Å². The summed E-state index contributed by atoms with van der Waals surface area (Å²) in [6, 6.07) is 3.62. The van der Waals surface area contributed by atoms with E-state index in [1.165, 1.54) is 5.56 Å². The minimum absolute atomic E-state index is 0.428. The first-order valence-electron chi connectivity index (χ1n) is 5.08. The van der Waals surface area contributed by atoms with Crippen LogP contribution in [-0.2, 0) is 6.54 Å². The minimum Gasteiger partial charge on any atom is -0.383 e. The van der Waals surface area contributed by atoms with Gasteiger partial charge in [0.1, 0.15) is 10.4 Å². The number of pyridine rings is 1. The predicted molar refractivity (Wildman–Crippen MR) is 70.4 cm³/mol. The van der Waals surface area contributed by atoms with Crippen molar-refractivity contribution in [3.8, 4) is 0 Å². The fraction of sp³-hybridized carbons (Fsp3) is 0.182. The summed E-state index contributed by atoms with van der Waals surface area (Å²) in [5.74, 6) is 0.928. The third-order valence-corrected chi connectivity index (χ3v) is 2.71. The number of rotatable bonds is 3. The highest BCUT2D eigenvalue weighted by atomic mass is 79.9. The van der Waals surface area contributed by atoms with E-state index in [4.69, 9.17) is 5.73 Å². The van der Waals surface area contributed by atoms with Crippen molar-refractivity contribution < 1.29 is 0 Å². The molecule has 2 heterocycles. The van der Waals surface area contributed by atoms with E-state index in [2.05, 4.69) is 36.2 Å². The van der Waals surface area contributed by atoms with Crippen LogP contribution in [-0.4, -0.2) is 15.0 Å². The molecule has 0 spiro atoms. The second kappa shape index (κ2) is 5.09. The van der Waals surface area contributed by atoms with Crippen molar-refractivity contribution in [2.45, 2.75) is 13.5 Å². The quantitative estimate of drug-likeness (QED) is 0.848. The molecule has 2 aromatic rings. The standard InChI is InChI=1S/C11H12BrN5/c1-7-2-3-14-5-8(7)6-15-11-16-9(12)4-10(13)17-11/h2-5H,6H2,1H3,(H3,13,15,16,17). The number of aryl methyl sites for hydroxylation is 1. The molecule has 0 radical (unpaired) electrons. The van der Waals surface area contributed by atoms with Crippen LogP contribution in [0, 0.1) is 6.92 Å². The maximum absolute atomic E-state index is 5.62. The van der Waals surface area contributed by atoms with Gasteiger partial charge in [0.05, 0.1) is 0 Å². The highest BCUT2D eigenvalue weighted by Gasteiger charge is 2.02. The number of hydrogen-bond acceptors (Lipinski definition) is 5. The summed E-state index contributed by atoms with van der Waals surface area (Å²) in [6.45, 7) is 2.66. The second-order valence-electron chi connectivity index (χ2n) is 3.59. The number of halogens is 1. The molecule has 5 nitrogen and oxygen atoms in total. The lowest BCUT2D eigenvalue weighted by Crippen LogP contribution is -2.06. The number of aromatic nitrogens is 3. The zero-order chi connectivity index (χ0) is 12.3. The van der Waals surface area contributed by atoms with Crippen molar-refractivity contribution in [1.29, 1.82) is 0 Å². The van der Waals surface area contributed by atoms with Crippen molar-refractivity contribution in [2.24, 2.45) is 0 Å². The summed E-state index contributed by atoms with van der Waals surface area (Å²) in [6.07, 6.45) is 3.59. The van der Waals surface area contributed by atoms with E-state index in [-0.39, 0.29) is 0 Å². The molecule has 3 N–H and O–H groups in total. The Morgan fingerprint density at radius 3 is 2.94 bits per heavy atom. The Balaban J connectivity index is 2.10. The molecule has 0 bridgehead atoms. The van der Waals surface area contributed by atoms with Crippen molar-refractivity contribution in [3.05, 3.63) is 40.3 Å². The normalized spacial score (nSPS) is 10.2. The highest BCUT2D eigenvalue weighted by Crippen LogP contribution is 2.13. The molecular weight excluding hydrogens is 282 g/mol. The number of nitrogens with one attached hydrogen (secondary N) is 1. The fourth-order valence-corrected chi connectivity index (χ4v) is 1.77. The van der Waals surface area contributed by atoms with Gasteiger partial charge < -0.3 is 11.1 Å². The summed E-state index contributed by atoms with van der Waals surface area (Å²) in [4.78, 5) is 12.3. The molecule has 0 saturated heterocycles. The van der Waals surface area contributed by atoms with Crippen LogP contribution in [0.2, 0.25) is 0 Å². The van der Waals surface area contributed by atoms with Crippen LogP contribution >= 0.6 is 15.9 Å². The average Bonchev–Trinajstić information content (AvgIpc) is 2.27. The summed E-state index contributed by atoms with van der Waals surface area (Å²) in [5.41, 5.74) is 7.91. The third kappa shape index (κ3) is 3.13.